The van der Waals surface area contributed by atoms with Crippen LogP contribution in [0.15, 0.2) is 36.8 Å². The van der Waals surface area contributed by atoms with E-state index in [9.17, 15) is 27.8 Å². The van der Waals surface area contributed by atoms with Gasteiger partial charge in [0.15, 0.2) is 0 Å². The molecule has 3 N–H and O–H groups in total. The van der Waals surface area contributed by atoms with E-state index in [-0.39, 0.29) is 47.8 Å². The van der Waals surface area contributed by atoms with Gasteiger partial charge in [-0.05, 0) is 38.1 Å². The number of hydrogen-bond donors (Lipinski definition) is 3. The lowest BCUT2D eigenvalue weighted by molar-refractivity contribution is -0.136. The highest BCUT2D eigenvalue weighted by Crippen LogP contribution is 2.39. The number of hydrogen-bond acceptors (Lipinski definition) is 8. The molecule has 3 atom stereocenters. The minimum Gasteiger partial charge on any atom is -0.488 e. The fourth-order valence-electron chi connectivity index (χ4n) is 4.41. The minimum atomic E-state index is -4.71. The molecule has 1 unspecified atom stereocenters. The van der Waals surface area contributed by atoms with Gasteiger partial charge in [-0.1, -0.05) is 5.21 Å². The fourth-order valence-corrected chi connectivity index (χ4v) is 4.41. The van der Waals surface area contributed by atoms with Gasteiger partial charge in [-0.3, -0.25) is 4.98 Å². The number of aliphatic hydroxyl groups is 2. The van der Waals surface area contributed by atoms with Gasteiger partial charge < -0.3 is 20.3 Å². The summed E-state index contributed by atoms with van der Waals surface area (Å²) < 4.78 is 62.6. The van der Waals surface area contributed by atoms with E-state index in [4.69, 9.17) is 4.74 Å². The van der Waals surface area contributed by atoms with E-state index in [0.29, 0.717) is 42.7 Å². The maximum absolute atomic E-state index is 13.7. The zero-order valence-corrected chi connectivity index (χ0v) is 22.0. The average molecular weight is 594 g/mol. The van der Waals surface area contributed by atoms with Crippen LogP contribution < -0.4 is 10.1 Å². The van der Waals surface area contributed by atoms with Crippen molar-refractivity contribution in [2.24, 2.45) is 0 Å². The van der Waals surface area contributed by atoms with Gasteiger partial charge in [-0.2, -0.15) is 18.3 Å². The van der Waals surface area contributed by atoms with Crippen molar-refractivity contribution >= 4 is 30.3 Å². The number of fused-ring (bicyclic) bond motifs is 1. The SMILES string of the molecule is Cc1c(-c2cc(OCC(O)c3ccc(F)cn3)c3c(C(F)(F)F)cnn3c2)nnn1[C@@H]1CCNC[C@@H]1O.Cl.Cl. The number of aliphatic hydroxyl groups excluding tert-OH is 2. The molecule has 0 bridgehead atoms. The largest absolute Gasteiger partial charge is 0.488 e. The Kier molecular flexibility index (Phi) is 9.39. The number of halogens is 6. The highest BCUT2D eigenvalue weighted by atomic mass is 35.5. The molecular weight excluding hydrogens is 569 g/mol. The molecule has 10 nitrogen and oxygen atoms in total. The number of nitrogens with zero attached hydrogens (tertiary/aromatic N) is 6. The molecule has 0 spiro atoms. The van der Waals surface area contributed by atoms with Crippen LogP contribution in [0.25, 0.3) is 16.8 Å². The Morgan fingerprint density at radius 3 is 2.67 bits per heavy atom. The van der Waals surface area contributed by atoms with Crippen LogP contribution in [-0.4, -0.2) is 65.6 Å². The summed E-state index contributed by atoms with van der Waals surface area (Å²) in [6, 6.07) is 3.43. The number of piperidine rings is 1. The van der Waals surface area contributed by atoms with Gasteiger partial charge in [0.1, 0.15) is 41.1 Å². The molecule has 39 heavy (non-hydrogen) atoms. The summed E-state index contributed by atoms with van der Waals surface area (Å²) in [5, 5.41) is 36.2. The second-order valence-electron chi connectivity index (χ2n) is 8.77. The molecule has 0 saturated carbocycles. The monoisotopic (exact) mass is 593 g/mol. The third kappa shape index (κ3) is 6.09. The van der Waals surface area contributed by atoms with E-state index in [0.717, 1.165) is 16.8 Å². The molecular formula is C23H25Cl2F4N7O3. The van der Waals surface area contributed by atoms with E-state index in [2.05, 4.69) is 25.7 Å². The molecule has 4 aromatic heterocycles. The van der Waals surface area contributed by atoms with Crippen LogP contribution in [0.2, 0.25) is 0 Å². The number of ether oxygens (including phenoxy) is 1. The van der Waals surface area contributed by atoms with Gasteiger partial charge in [0.05, 0.1) is 35.9 Å². The van der Waals surface area contributed by atoms with Gasteiger partial charge >= 0.3 is 6.18 Å². The standard InChI is InChI=1S/C23H23F4N7O3.2ClH/c1-12-21(31-32-34(12)17-4-5-28-9-18(17)35)13-6-20(22-15(23(25,26)27)8-30-33(22)10-13)37-11-19(36)16-3-2-14(24)7-29-16;;/h2-3,6-8,10,17-19,28,35-36H,4-5,9,11H2,1H3;2*1H/t17-,18+,19?;;/m1../s1. The summed E-state index contributed by atoms with van der Waals surface area (Å²) in [5.41, 5.74) is 0.103. The van der Waals surface area contributed by atoms with E-state index >= 15 is 0 Å². The van der Waals surface area contributed by atoms with Gasteiger partial charge in [0, 0.05) is 18.3 Å². The van der Waals surface area contributed by atoms with E-state index in [1.165, 1.54) is 18.3 Å². The van der Waals surface area contributed by atoms with Crippen LogP contribution in [0.5, 0.6) is 5.75 Å². The summed E-state index contributed by atoms with van der Waals surface area (Å²) in [6.07, 6.45) is -3.09. The summed E-state index contributed by atoms with van der Waals surface area (Å²) >= 11 is 0. The average Bonchev–Trinajstić information content (AvgIpc) is 3.47. The molecule has 0 aromatic carbocycles. The molecule has 5 rings (SSSR count). The first-order chi connectivity index (χ1) is 17.6. The summed E-state index contributed by atoms with van der Waals surface area (Å²) in [7, 11) is 0. The Morgan fingerprint density at radius 2 is 2.00 bits per heavy atom. The number of pyridine rings is 2. The van der Waals surface area contributed by atoms with Crippen LogP contribution in [0.4, 0.5) is 17.6 Å². The van der Waals surface area contributed by atoms with Gasteiger partial charge in [0.25, 0.3) is 0 Å². The van der Waals surface area contributed by atoms with Gasteiger partial charge in [-0.15, -0.1) is 29.9 Å². The Morgan fingerprint density at radius 1 is 1.23 bits per heavy atom. The number of aromatic nitrogens is 6. The molecule has 1 aliphatic rings. The van der Waals surface area contributed by atoms with Crippen LogP contribution in [0.1, 0.15) is 35.5 Å². The highest BCUT2D eigenvalue weighted by Gasteiger charge is 2.36. The molecule has 0 aliphatic carbocycles. The lowest BCUT2D eigenvalue weighted by Crippen LogP contribution is -2.42. The first kappa shape index (κ1) is 30.5. The van der Waals surface area contributed by atoms with Crippen molar-refractivity contribution in [1.29, 1.82) is 0 Å². The molecule has 0 amide bonds. The second-order valence-corrected chi connectivity index (χ2v) is 8.77. The predicted octanol–water partition coefficient (Wildman–Crippen LogP) is 3.31. The molecule has 1 fully saturated rings. The first-order valence-electron chi connectivity index (χ1n) is 11.5. The summed E-state index contributed by atoms with van der Waals surface area (Å²) in [6.45, 7) is 2.40. The van der Waals surface area contributed by atoms with E-state index in [1.807, 2.05) is 0 Å². The molecule has 16 heteroatoms. The maximum atomic E-state index is 13.7. The van der Waals surface area contributed by atoms with E-state index < -0.39 is 36.4 Å². The van der Waals surface area contributed by atoms with E-state index in [1.54, 1.807) is 11.6 Å². The van der Waals surface area contributed by atoms with Gasteiger partial charge in [0.2, 0.25) is 0 Å². The topological polar surface area (TPSA) is 123 Å². The zero-order valence-electron chi connectivity index (χ0n) is 20.3. The van der Waals surface area contributed by atoms with Crippen LogP contribution in [-0.2, 0) is 6.18 Å². The smallest absolute Gasteiger partial charge is 0.420 e. The third-order valence-corrected chi connectivity index (χ3v) is 6.30. The Labute approximate surface area is 231 Å². The molecule has 5 heterocycles. The maximum Gasteiger partial charge on any atom is 0.420 e. The Hall–Kier alpha value is -3.04. The van der Waals surface area contributed by atoms with Crippen molar-refractivity contribution in [3.05, 3.63) is 59.6 Å². The lowest BCUT2D eigenvalue weighted by Gasteiger charge is -2.28. The Balaban J connectivity index is 0.00000210. The van der Waals surface area contributed by atoms with Crippen molar-refractivity contribution in [2.45, 2.75) is 37.8 Å². The third-order valence-electron chi connectivity index (χ3n) is 6.30. The summed E-state index contributed by atoms with van der Waals surface area (Å²) in [4.78, 5) is 3.78. The lowest BCUT2D eigenvalue weighted by atomic mass is 10.0. The van der Waals surface area contributed by atoms with Crippen LogP contribution in [0.3, 0.4) is 0 Å². The number of nitrogens with one attached hydrogen (secondary N) is 1. The minimum absolute atomic E-state index is 0. The quantitative estimate of drug-likeness (QED) is 0.291. The van der Waals surface area contributed by atoms with Crippen LogP contribution >= 0.6 is 24.8 Å². The Bertz CT molecular complexity index is 1420. The molecule has 0 radical (unpaired) electrons. The van der Waals surface area contributed by atoms with Crippen molar-refractivity contribution < 1.29 is 32.5 Å². The fraction of sp³-hybridized carbons (Fsp3) is 0.391. The van der Waals surface area contributed by atoms with Crippen molar-refractivity contribution in [1.82, 2.24) is 34.9 Å². The van der Waals surface area contributed by atoms with Crippen molar-refractivity contribution in [3.8, 4) is 17.0 Å². The molecule has 212 valence electrons. The molecule has 1 aliphatic heterocycles. The number of rotatable bonds is 6. The second kappa shape index (κ2) is 12.0. The summed E-state index contributed by atoms with van der Waals surface area (Å²) in [5.74, 6) is -0.792. The molecule has 4 aromatic rings. The molecule has 1 saturated heterocycles. The first-order valence-corrected chi connectivity index (χ1v) is 11.5. The highest BCUT2D eigenvalue weighted by molar-refractivity contribution is 5.85. The normalized spacial score (nSPS) is 18.3. The zero-order chi connectivity index (χ0) is 26.3. The van der Waals surface area contributed by atoms with Crippen molar-refractivity contribution in [2.75, 3.05) is 19.7 Å². The number of alkyl halides is 3. The van der Waals surface area contributed by atoms with Crippen LogP contribution in [0, 0.1) is 12.7 Å². The number of β-amino-alcohol motifs (C(OH)–C–C–N with tert-alkyl or cyclic N) is 1. The predicted molar refractivity (Wildman–Crippen MR) is 136 cm³/mol. The van der Waals surface area contributed by atoms with Crippen molar-refractivity contribution in [3.63, 3.8) is 0 Å². The van der Waals surface area contributed by atoms with Gasteiger partial charge in [-0.25, -0.2) is 13.6 Å².